The molecule has 3 N–H and O–H groups in total. The van der Waals surface area contributed by atoms with Gasteiger partial charge in [0.25, 0.3) is 11.5 Å². The summed E-state index contributed by atoms with van der Waals surface area (Å²) >= 11 is 0. The standard InChI is InChI=1S/C31H30FN7O3/c1-18-16-38(26-9-8-23(32)12-25(18)26)24-10-20(13-35-14-24)17-39-27(21-6-5-7-22(11-21)30(41)34-4)15-36-28(31(39)42)37-29(40)19(2)33-3/h5-16,19,33H,17H2,1-4H3,(H,34,41)(H,36,37,40). The second-order valence-corrected chi connectivity index (χ2v) is 9.94. The average molecular weight is 568 g/mol. The van der Waals surface area contributed by atoms with Crippen molar-refractivity contribution >= 4 is 28.5 Å². The van der Waals surface area contributed by atoms with Gasteiger partial charge in [-0.2, -0.15) is 0 Å². The number of fused-ring (bicyclic) bond motifs is 1. The molecule has 3 heterocycles. The van der Waals surface area contributed by atoms with Gasteiger partial charge in [-0.05, 0) is 68.4 Å². The minimum atomic E-state index is -0.544. The van der Waals surface area contributed by atoms with Gasteiger partial charge in [0, 0.05) is 36.0 Å². The lowest BCUT2D eigenvalue weighted by molar-refractivity contribution is -0.117. The summed E-state index contributed by atoms with van der Waals surface area (Å²) in [6.07, 6.45) is 6.76. The number of aryl methyl sites for hydroxylation is 1. The van der Waals surface area contributed by atoms with Gasteiger partial charge in [-0.15, -0.1) is 0 Å². The van der Waals surface area contributed by atoms with E-state index in [1.807, 2.05) is 23.8 Å². The van der Waals surface area contributed by atoms with Gasteiger partial charge < -0.3 is 20.5 Å². The molecule has 1 unspecified atom stereocenters. The molecule has 0 aliphatic carbocycles. The number of nitrogens with one attached hydrogen (secondary N) is 3. The lowest BCUT2D eigenvalue weighted by atomic mass is 10.1. The van der Waals surface area contributed by atoms with Crippen LogP contribution < -0.4 is 21.5 Å². The van der Waals surface area contributed by atoms with Crippen molar-refractivity contribution in [3.05, 3.63) is 106 Å². The van der Waals surface area contributed by atoms with Gasteiger partial charge in [0.15, 0.2) is 5.82 Å². The van der Waals surface area contributed by atoms with Crippen LogP contribution in [0.4, 0.5) is 10.2 Å². The third kappa shape index (κ3) is 5.54. The number of carbonyl (C=O) groups is 2. The molecule has 5 rings (SSSR count). The van der Waals surface area contributed by atoms with Crippen LogP contribution in [0, 0.1) is 12.7 Å². The van der Waals surface area contributed by atoms with Crippen molar-refractivity contribution in [2.45, 2.75) is 26.4 Å². The maximum Gasteiger partial charge on any atom is 0.294 e. The summed E-state index contributed by atoms with van der Waals surface area (Å²) in [5.41, 5.74) is 4.13. The molecule has 11 heteroatoms. The van der Waals surface area contributed by atoms with E-state index in [2.05, 4.69) is 25.9 Å². The van der Waals surface area contributed by atoms with Crippen LogP contribution in [0.3, 0.4) is 0 Å². The number of amides is 2. The van der Waals surface area contributed by atoms with Gasteiger partial charge in [-0.1, -0.05) is 12.1 Å². The van der Waals surface area contributed by atoms with E-state index in [-0.39, 0.29) is 24.1 Å². The number of pyridine rings is 1. The predicted octanol–water partition coefficient (Wildman–Crippen LogP) is 3.65. The quantitative estimate of drug-likeness (QED) is 0.263. The fourth-order valence-electron chi connectivity index (χ4n) is 4.74. The van der Waals surface area contributed by atoms with E-state index < -0.39 is 17.5 Å². The van der Waals surface area contributed by atoms with Crippen molar-refractivity contribution < 1.29 is 14.0 Å². The highest BCUT2D eigenvalue weighted by molar-refractivity contribution is 5.95. The number of rotatable bonds is 8. The number of likely N-dealkylation sites (N-methyl/N-ethyl adjacent to an activating group) is 1. The van der Waals surface area contributed by atoms with Gasteiger partial charge in [0.2, 0.25) is 5.91 Å². The Morgan fingerprint density at radius 3 is 2.62 bits per heavy atom. The number of hydrogen-bond donors (Lipinski definition) is 3. The second-order valence-electron chi connectivity index (χ2n) is 9.94. The Kier molecular flexibility index (Phi) is 7.94. The Bertz CT molecular complexity index is 1880. The molecule has 42 heavy (non-hydrogen) atoms. The molecule has 214 valence electrons. The molecule has 5 aromatic rings. The summed E-state index contributed by atoms with van der Waals surface area (Å²) in [5, 5.41) is 8.84. The molecule has 0 aliphatic heterocycles. The Balaban J connectivity index is 1.60. The van der Waals surface area contributed by atoms with Gasteiger partial charge >= 0.3 is 0 Å². The van der Waals surface area contributed by atoms with Crippen LogP contribution in [0.1, 0.15) is 28.4 Å². The Labute approximate surface area is 241 Å². The average Bonchev–Trinajstić information content (AvgIpc) is 3.33. The maximum atomic E-state index is 13.9. The lowest BCUT2D eigenvalue weighted by Gasteiger charge is -2.17. The SMILES string of the molecule is CNC(=O)c1cccc(-c2cnc(NC(=O)C(C)NC)c(=O)n2Cc2cncc(-n3cc(C)c4cc(F)ccc43)c2)c1. The second kappa shape index (κ2) is 11.8. The summed E-state index contributed by atoms with van der Waals surface area (Å²) in [4.78, 5) is 47.3. The number of benzene rings is 2. The molecule has 10 nitrogen and oxygen atoms in total. The van der Waals surface area contributed by atoms with Crippen LogP contribution >= 0.6 is 0 Å². The summed E-state index contributed by atoms with van der Waals surface area (Å²) in [7, 11) is 3.19. The van der Waals surface area contributed by atoms with Crippen molar-refractivity contribution in [3.8, 4) is 16.9 Å². The number of aromatic nitrogens is 4. The number of halogens is 1. The molecular weight excluding hydrogens is 537 g/mol. The largest absolute Gasteiger partial charge is 0.355 e. The first-order valence-corrected chi connectivity index (χ1v) is 13.3. The lowest BCUT2D eigenvalue weighted by Crippen LogP contribution is -2.38. The van der Waals surface area contributed by atoms with Crippen LogP contribution in [-0.4, -0.2) is 51.1 Å². The Morgan fingerprint density at radius 1 is 1.05 bits per heavy atom. The number of hydrogen-bond acceptors (Lipinski definition) is 6. The van der Waals surface area contributed by atoms with Gasteiger partial charge in [-0.3, -0.25) is 23.9 Å². The van der Waals surface area contributed by atoms with Crippen LogP contribution in [0.5, 0.6) is 0 Å². The van der Waals surface area contributed by atoms with E-state index in [1.54, 1.807) is 63.7 Å². The normalized spacial score (nSPS) is 11.8. The molecule has 0 radical (unpaired) electrons. The molecule has 0 saturated carbocycles. The molecule has 0 aliphatic rings. The van der Waals surface area contributed by atoms with Crippen molar-refractivity contribution in [2.75, 3.05) is 19.4 Å². The minimum absolute atomic E-state index is 0.0962. The summed E-state index contributed by atoms with van der Waals surface area (Å²) in [6.45, 7) is 3.68. The first kappa shape index (κ1) is 28.4. The van der Waals surface area contributed by atoms with E-state index in [4.69, 9.17) is 0 Å². The van der Waals surface area contributed by atoms with Crippen LogP contribution in [0.15, 0.2) is 78.1 Å². The van der Waals surface area contributed by atoms with Crippen LogP contribution in [-0.2, 0) is 11.3 Å². The van der Waals surface area contributed by atoms with Gasteiger partial charge in [0.05, 0.1) is 41.9 Å². The minimum Gasteiger partial charge on any atom is -0.355 e. The smallest absolute Gasteiger partial charge is 0.294 e. The summed E-state index contributed by atoms with van der Waals surface area (Å²) < 4.78 is 17.3. The fourth-order valence-corrected chi connectivity index (χ4v) is 4.74. The van der Waals surface area contributed by atoms with Gasteiger partial charge in [-0.25, -0.2) is 9.37 Å². The van der Waals surface area contributed by atoms with Crippen molar-refractivity contribution in [1.82, 2.24) is 29.7 Å². The maximum absolute atomic E-state index is 13.9. The molecule has 0 spiro atoms. The van der Waals surface area contributed by atoms with E-state index in [1.165, 1.54) is 22.9 Å². The molecule has 2 amide bonds. The Morgan fingerprint density at radius 2 is 1.86 bits per heavy atom. The van der Waals surface area contributed by atoms with Crippen molar-refractivity contribution in [1.29, 1.82) is 0 Å². The third-order valence-electron chi connectivity index (χ3n) is 7.13. The highest BCUT2D eigenvalue weighted by atomic mass is 19.1. The molecule has 0 bridgehead atoms. The summed E-state index contributed by atoms with van der Waals surface area (Å²) in [5.74, 6) is -1.11. The van der Waals surface area contributed by atoms with E-state index >= 15 is 0 Å². The van der Waals surface area contributed by atoms with E-state index in [0.717, 1.165) is 22.2 Å². The zero-order valence-electron chi connectivity index (χ0n) is 23.6. The molecule has 2 aromatic carbocycles. The molecule has 0 saturated heterocycles. The highest BCUT2D eigenvalue weighted by Gasteiger charge is 2.18. The first-order chi connectivity index (χ1) is 20.2. The topological polar surface area (TPSA) is 123 Å². The van der Waals surface area contributed by atoms with Crippen LogP contribution in [0.25, 0.3) is 27.8 Å². The van der Waals surface area contributed by atoms with Crippen molar-refractivity contribution in [2.24, 2.45) is 0 Å². The fraction of sp³-hybridized carbons (Fsp3) is 0.194. The zero-order valence-corrected chi connectivity index (χ0v) is 23.6. The van der Waals surface area contributed by atoms with Crippen LogP contribution in [0.2, 0.25) is 0 Å². The summed E-state index contributed by atoms with van der Waals surface area (Å²) in [6, 6.07) is 12.8. The molecule has 1 atom stereocenters. The predicted molar refractivity (Wildman–Crippen MR) is 159 cm³/mol. The molecule has 0 fully saturated rings. The van der Waals surface area contributed by atoms with Gasteiger partial charge in [0.1, 0.15) is 5.82 Å². The monoisotopic (exact) mass is 567 g/mol. The van der Waals surface area contributed by atoms with Crippen molar-refractivity contribution in [3.63, 3.8) is 0 Å². The molecule has 3 aromatic heterocycles. The third-order valence-corrected chi connectivity index (χ3v) is 7.13. The highest BCUT2D eigenvalue weighted by Crippen LogP contribution is 2.26. The van der Waals surface area contributed by atoms with E-state index in [0.29, 0.717) is 22.4 Å². The number of anilines is 1. The zero-order chi connectivity index (χ0) is 30.0. The number of carbonyl (C=O) groups excluding carboxylic acids is 2. The molecular formula is C31H30FN7O3. The Hall–Kier alpha value is -5.16. The first-order valence-electron chi connectivity index (χ1n) is 13.3. The van der Waals surface area contributed by atoms with E-state index in [9.17, 15) is 18.8 Å². The number of nitrogens with zero attached hydrogens (tertiary/aromatic N) is 4.